The number of alkyl halides is 3. The molecule has 4 rings (SSSR count). The third-order valence-electron chi connectivity index (χ3n) is 4.95. The van der Waals surface area contributed by atoms with Crippen molar-refractivity contribution >= 4 is 21.4 Å². The van der Waals surface area contributed by atoms with Crippen LogP contribution in [0.4, 0.5) is 13.2 Å². The van der Waals surface area contributed by atoms with Crippen LogP contribution in [0.15, 0.2) is 59.0 Å². The molecule has 0 fully saturated rings. The fourth-order valence-corrected chi connectivity index (χ4v) is 4.47. The first kappa shape index (κ1) is 20.5. The predicted octanol–water partition coefficient (Wildman–Crippen LogP) is 8.02. The molecule has 0 aliphatic carbocycles. The Bertz CT molecular complexity index is 1150. The molecule has 0 amide bonds. The van der Waals surface area contributed by atoms with Crippen LogP contribution in [0.2, 0.25) is 0 Å². The lowest BCUT2D eigenvalue weighted by molar-refractivity contribution is -0.137. The molecule has 0 N–H and O–H groups in total. The molecule has 2 heterocycles. The van der Waals surface area contributed by atoms with Crippen molar-refractivity contribution < 1.29 is 22.3 Å². The highest BCUT2D eigenvalue weighted by atomic mass is 32.1. The molecule has 156 valence electrons. The Hall–Kier alpha value is -2.73. The first-order chi connectivity index (χ1) is 14.3. The van der Waals surface area contributed by atoms with E-state index in [-0.39, 0.29) is 0 Å². The zero-order valence-electron chi connectivity index (χ0n) is 16.7. The van der Waals surface area contributed by atoms with Gasteiger partial charge in [-0.25, -0.2) is 0 Å². The van der Waals surface area contributed by atoms with Gasteiger partial charge in [0.2, 0.25) is 0 Å². The van der Waals surface area contributed by atoms with Crippen LogP contribution in [0.5, 0.6) is 5.75 Å². The number of hydrogen-bond donors (Lipinski definition) is 0. The summed E-state index contributed by atoms with van der Waals surface area (Å²) in [6.07, 6.45) is -2.15. The molecular formula is C24H21F3O2S. The Morgan fingerprint density at radius 3 is 2.47 bits per heavy atom. The number of aryl methyl sites for hydroxylation is 2. The Kier molecular flexibility index (Phi) is 5.60. The van der Waals surface area contributed by atoms with Crippen molar-refractivity contribution in [3.05, 3.63) is 76.4 Å². The summed E-state index contributed by atoms with van der Waals surface area (Å²) < 4.78 is 51.2. The van der Waals surface area contributed by atoms with Gasteiger partial charge < -0.3 is 9.15 Å². The SMILES string of the molecule is CCCc1cc2cc(OCc3cc(-c4ccc(C(F)(F)F)cc4)oc3C)ccc2s1. The molecule has 30 heavy (non-hydrogen) atoms. The van der Waals surface area contributed by atoms with E-state index >= 15 is 0 Å². The summed E-state index contributed by atoms with van der Waals surface area (Å²) in [5.41, 5.74) is 0.784. The average Bonchev–Trinajstić information content (AvgIpc) is 3.28. The first-order valence-electron chi connectivity index (χ1n) is 9.75. The van der Waals surface area contributed by atoms with Gasteiger partial charge >= 0.3 is 6.18 Å². The van der Waals surface area contributed by atoms with E-state index < -0.39 is 11.7 Å². The van der Waals surface area contributed by atoms with E-state index in [2.05, 4.69) is 19.1 Å². The Balaban J connectivity index is 1.48. The minimum Gasteiger partial charge on any atom is -0.489 e. The topological polar surface area (TPSA) is 22.4 Å². The highest BCUT2D eigenvalue weighted by Crippen LogP contribution is 2.33. The van der Waals surface area contributed by atoms with Crippen molar-refractivity contribution in [2.75, 3.05) is 0 Å². The molecule has 0 aliphatic heterocycles. The number of ether oxygens (including phenoxy) is 1. The lowest BCUT2D eigenvalue weighted by atomic mass is 10.1. The minimum atomic E-state index is -4.35. The first-order valence-corrected chi connectivity index (χ1v) is 10.6. The van der Waals surface area contributed by atoms with Gasteiger partial charge in [-0.2, -0.15) is 13.2 Å². The van der Waals surface area contributed by atoms with Gasteiger partial charge in [0.25, 0.3) is 0 Å². The van der Waals surface area contributed by atoms with Gasteiger partial charge in [0.15, 0.2) is 0 Å². The molecule has 2 aromatic heterocycles. The van der Waals surface area contributed by atoms with Gasteiger partial charge in [0.05, 0.1) is 5.56 Å². The monoisotopic (exact) mass is 430 g/mol. The summed E-state index contributed by atoms with van der Waals surface area (Å²) in [7, 11) is 0. The minimum absolute atomic E-state index is 0.327. The predicted molar refractivity (Wildman–Crippen MR) is 114 cm³/mol. The van der Waals surface area contributed by atoms with Crippen molar-refractivity contribution in [1.29, 1.82) is 0 Å². The number of benzene rings is 2. The fraction of sp³-hybridized carbons (Fsp3) is 0.250. The summed E-state index contributed by atoms with van der Waals surface area (Å²) in [5.74, 6) is 1.99. The highest BCUT2D eigenvalue weighted by molar-refractivity contribution is 7.19. The second-order valence-corrected chi connectivity index (χ2v) is 8.39. The Morgan fingerprint density at radius 2 is 1.77 bits per heavy atom. The Labute approximate surface area is 176 Å². The second kappa shape index (κ2) is 8.19. The molecule has 6 heteroatoms. The van der Waals surface area contributed by atoms with E-state index in [1.807, 2.05) is 36.5 Å². The van der Waals surface area contributed by atoms with Crippen LogP contribution in [0.25, 0.3) is 21.4 Å². The van der Waals surface area contributed by atoms with Crippen molar-refractivity contribution in [3.63, 3.8) is 0 Å². The Morgan fingerprint density at radius 1 is 1.00 bits per heavy atom. The fourth-order valence-electron chi connectivity index (χ4n) is 3.33. The number of halogens is 3. The van der Waals surface area contributed by atoms with Crippen LogP contribution in [-0.4, -0.2) is 0 Å². The van der Waals surface area contributed by atoms with E-state index in [9.17, 15) is 13.2 Å². The molecule has 2 aromatic carbocycles. The van der Waals surface area contributed by atoms with E-state index in [1.165, 1.54) is 27.1 Å². The van der Waals surface area contributed by atoms with Crippen LogP contribution in [-0.2, 0) is 19.2 Å². The quantitative estimate of drug-likeness (QED) is 0.309. The standard InChI is InChI=1S/C24H21F3O2S/c1-3-4-21-12-17-11-20(9-10-23(17)30-21)28-14-18-13-22(29-15(18)2)16-5-7-19(8-6-16)24(25,26)27/h5-13H,3-4,14H2,1-2H3. The molecule has 4 aromatic rings. The maximum absolute atomic E-state index is 12.7. The van der Waals surface area contributed by atoms with Gasteiger partial charge in [0, 0.05) is 20.7 Å². The number of hydrogen-bond acceptors (Lipinski definition) is 3. The van der Waals surface area contributed by atoms with E-state index in [0.717, 1.165) is 36.3 Å². The molecule has 0 saturated carbocycles. The van der Waals surface area contributed by atoms with Crippen molar-refractivity contribution in [1.82, 2.24) is 0 Å². The number of thiophene rings is 1. The maximum Gasteiger partial charge on any atom is 0.416 e. The summed E-state index contributed by atoms with van der Waals surface area (Å²) in [6, 6.07) is 15.1. The summed E-state index contributed by atoms with van der Waals surface area (Å²) in [4.78, 5) is 1.37. The zero-order valence-corrected chi connectivity index (χ0v) is 17.5. The molecule has 0 spiro atoms. The maximum atomic E-state index is 12.7. The number of fused-ring (bicyclic) bond motifs is 1. The average molecular weight is 430 g/mol. The number of rotatable bonds is 6. The largest absolute Gasteiger partial charge is 0.489 e. The summed E-state index contributed by atoms with van der Waals surface area (Å²) >= 11 is 1.81. The third-order valence-corrected chi connectivity index (χ3v) is 6.12. The van der Waals surface area contributed by atoms with Gasteiger partial charge in [-0.3, -0.25) is 0 Å². The van der Waals surface area contributed by atoms with Crippen molar-refractivity contribution in [3.8, 4) is 17.1 Å². The van der Waals surface area contributed by atoms with Gasteiger partial charge in [-0.1, -0.05) is 25.5 Å². The summed E-state index contributed by atoms with van der Waals surface area (Å²) in [5, 5.41) is 1.18. The third kappa shape index (κ3) is 4.38. The smallest absolute Gasteiger partial charge is 0.416 e. The van der Waals surface area contributed by atoms with Gasteiger partial charge in [0.1, 0.15) is 23.9 Å². The van der Waals surface area contributed by atoms with Crippen molar-refractivity contribution in [2.45, 2.75) is 39.5 Å². The molecular weight excluding hydrogens is 409 g/mol. The zero-order chi connectivity index (χ0) is 21.3. The molecule has 0 unspecified atom stereocenters. The van der Waals surface area contributed by atoms with Crippen LogP contribution >= 0.6 is 11.3 Å². The molecule has 0 aliphatic rings. The normalized spacial score (nSPS) is 11.9. The highest BCUT2D eigenvalue weighted by Gasteiger charge is 2.30. The molecule has 0 bridgehead atoms. The van der Waals surface area contributed by atoms with Gasteiger partial charge in [-0.15, -0.1) is 11.3 Å². The molecule has 0 saturated heterocycles. The summed E-state index contributed by atoms with van der Waals surface area (Å²) in [6.45, 7) is 4.32. The lowest BCUT2D eigenvalue weighted by Gasteiger charge is -2.06. The van der Waals surface area contributed by atoms with Crippen molar-refractivity contribution in [2.24, 2.45) is 0 Å². The van der Waals surface area contributed by atoms with Crippen LogP contribution in [0.1, 0.15) is 35.1 Å². The van der Waals surface area contributed by atoms with Crippen LogP contribution in [0.3, 0.4) is 0 Å². The van der Waals surface area contributed by atoms with E-state index in [4.69, 9.17) is 9.15 Å². The van der Waals surface area contributed by atoms with E-state index in [1.54, 1.807) is 0 Å². The lowest BCUT2D eigenvalue weighted by Crippen LogP contribution is -2.03. The number of furan rings is 1. The van der Waals surface area contributed by atoms with E-state index in [0.29, 0.717) is 23.7 Å². The second-order valence-electron chi connectivity index (χ2n) is 7.22. The molecule has 2 nitrogen and oxygen atoms in total. The van der Waals surface area contributed by atoms with Crippen LogP contribution in [0, 0.1) is 6.92 Å². The molecule has 0 atom stereocenters. The van der Waals surface area contributed by atoms with Crippen LogP contribution < -0.4 is 4.74 Å². The van der Waals surface area contributed by atoms with Gasteiger partial charge in [-0.05, 0) is 61.2 Å². The molecule has 0 radical (unpaired) electrons.